The number of anilines is 2. The molecule has 0 aliphatic heterocycles. The summed E-state index contributed by atoms with van der Waals surface area (Å²) in [4.78, 5) is 25.9. The van der Waals surface area contributed by atoms with Gasteiger partial charge in [0.15, 0.2) is 0 Å². The summed E-state index contributed by atoms with van der Waals surface area (Å²) in [5, 5.41) is 5.62. The first-order chi connectivity index (χ1) is 16.4. The largest absolute Gasteiger partial charge is 0.324 e. The van der Waals surface area contributed by atoms with Crippen molar-refractivity contribution >= 4 is 33.2 Å². The van der Waals surface area contributed by atoms with Crippen LogP contribution in [0.2, 0.25) is 0 Å². The molecule has 35 heavy (non-hydrogen) atoms. The number of carbonyl (C=O) groups excluding carboxylic acids is 2. The first kappa shape index (κ1) is 26.1. The monoisotopic (exact) mass is 493 g/mol. The van der Waals surface area contributed by atoms with Gasteiger partial charge in [-0.2, -0.15) is 4.31 Å². The maximum Gasteiger partial charge on any atom is 0.255 e. The molecule has 0 spiro atoms. The number of likely N-dealkylation sites (N-methyl/N-ethyl adjacent to an activating group) is 1. The molecule has 0 aromatic heterocycles. The zero-order valence-electron chi connectivity index (χ0n) is 20.6. The zero-order chi connectivity index (χ0) is 25.8. The molecule has 1 atom stereocenters. The first-order valence-electron chi connectivity index (χ1n) is 11.2. The summed E-state index contributed by atoms with van der Waals surface area (Å²) in [6, 6.07) is 21.8. The smallest absolute Gasteiger partial charge is 0.255 e. The van der Waals surface area contributed by atoms with Gasteiger partial charge in [-0.1, -0.05) is 69.3 Å². The van der Waals surface area contributed by atoms with Gasteiger partial charge in [0.2, 0.25) is 15.9 Å². The zero-order valence-corrected chi connectivity index (χ0v) is 21.4. The lowest BCUT2D eigenvalue weighted by Crippen LogP contribution is -2.38. The van der Waals surface area contributed by atoms with Gasteiger partial charge in [-0.3, -0.25) is 9.59 Å². The molecule has 3 rings (SSSR count). The standard InChI is InChI=1S/C27H31N3O4S/c1-27(2,3)21-16-14-20(15-17-21)25(31)28-22-12-9-13-23(18-22)29-26(32)24(30(4)35(5,33)34)19-10-7-6-8-11-19/h6-18,24H,1-5H3,(H,28,31)(H,29,32)/t24-/m1/s1. The van der Waals surface area contributed by atoms with Gasteiger partial charge in [-0.15, -0.1) is 0 Å². The van der Waals surface area contributed by atoms with Gasteiger partial charge in [0.1, 0.15) is 6.04 Å². The minimum atomic E-state index is -3.64. The van der Waals surface area contributed by atoms with Crippen LogP contribution in [0.4, 0.5) is 11.4 Å². The van der Waals surface area contributed by atoms with E-state index in [2.05, 4.69) is 31.4 Å². The Hall–Kier alpha value is -3.49. The van der Waals surface area contributed by atoms with Gasteiger partial charge < -0.3 is 10.6 Å². The number of benzene rings is 3. The van der Waals surface area contributed by atoms with Gasteiger partial charge >= 0.3 is 0 Å². The molecule has 0 radical (unpaired) electrons. The molecule has 0 saturated heterocycles. The summed E-state index contributed by atoms with van der Waals surface area (Å²) < 4.78 is 25.4. The summed E-state index contributed by atoms with van der Waals surface area (Å²) >= 11 is 0. The number of hydrogen-bond donors (Lipinski definition) is 2. The highest BCUT2D eigenvalue weighted by Crippen LogP contribution is 2.25. The lowest BCUT2D eigenvalue weighted by molar-refractivity contribution is -0.119. The van der Waals surface area contributed by atoms with Crippen LogP contribution in [0.3, 0.4) is 0 Å². The lowest BCUT2D eigenvalue weighted by atomic mass is 9.87. The molecule has 7 nitrogen and oxygen atoms in total. The maximum atomic E-state index is 13.2. The van der Waals surface area contributed by atoms with Crippen LogP contribution in [0.25, 0.3) is 0 Å². The van der Waals surface area contributed by atoms with Crippen LogP contribution in [-0.2, 0) is 20.2 Å². The predicted molar refractivity (Wildman–Crippen MR) is 140 cm³/mol. The minimum absolute atomic E-state index is 0.00959. The summed E-state index contributed by atoms with van der Waals surface area (Å²) in [5.41, 5.74) is 3.11. The number of sulfonamides is 1. The fourth-order valence-electron chi connectivity index (χ4n) is 3.56. The molecule has 0 unspecified atom stereocenters. The fourth-order valence-corrected chi connectivity index (χ4v) is 4.16. The molecule has 0 bridgehead atoms. The van der Waals surface area contributed by atoms with E-state index in [1.165, 1.54) is 7.05 Å². The van der Waals surface area contributed by atoms with E-state index in [0.717, 1.165) is 16.1 Å². The van der Waals surface area contributed by atoms with Crippen LogP contribution in [0, 0.1) is 0 Å². The molecule has 0 aliphatic carbocycles. The van der Waals surface area contributed by atoms with Crippen molar-refractivity contribution in [3.8, 4) is 0 Å². The summed E-state index contributed by atoms with van der Waals surface area (Å²) in [6.45, 7) is 6.33. The number of nitrogens with one attached hydrogen (secondary N) is 2. The second-order valence-corrected chi connectivity index (χ2v) is 11.5. The third kappa shape index (κ3) is 6.77. The van der Waals surface area contributed by atoms with Crippen molar-refractivity contribution in [3.63, 3.8) is 0 Å². The highest BCUT2D eigenvalue weighted by atomic mass is 32.2. The summed E-state index contributed by atoms with van der Waals surface area (Å²) in [6.07, 6.45) is 1.06. The third-order valence-corrected chi connectivity index (χ3v) is 6.91. The van der Waals surface area contributed by atoms with E-state index in [-0.39, 0.29) is 11.3 Å². The number of amides is 2. The van der Waals surface area contributed by atoms with E-state index >= 15 is 0 Å². The minimum Gasteiger partial charge on any atom is -0.324 e. The van der Waals surface area contributed by atoms with E-state index in [1.807, 2.05) is 12.1 Å². The molecule has 0 saturated carbocycles. The normalized spacial score (nSPS) is 12.7. The van der Waals surface area contributed by atoms with Crippen molar-refractivity contribution in [2.75, 3.05) is 23.9 Å². The Morgan fingerprint density at radius 2 is 1.40 bits per heavy atom. The molecule has 0 fully saturated rings. The molecular weight excluding hydrogens is 462 g/mol. The summed E-state index contributed by atoms with van der Waals surface area (Å²) in [5.74, 6) is -0.779. The molecule has 3 aromatic rings. The Kier molecular flexibility index (Phi) is 7.77. The van der Waals surface area contributed by atoms with E-state index in [1.54, 1.807) is 66.7 Å². The predicted octanol–water partition coefficient (Wildman–Crippen LogP) is 4.81. The van der Waals surface area contributed by atoms with E-state index in [9.17, 15) is 18.0 Å². The SMILES string of the molecule is CN([C@@H](C(=O)Nc1cccc(NC(=O)c2ccc(C(C)(C)C)cc2)c1)c1ccccc1)S(C)(=O)=O. The van der Waals surface area contributed by atoms with Crippen LogP contribution in [0.5, 0.6) is 0 Å². The van der Waals surface area contributed by atoms with E-state index in [4.69, 9.17) is 0 Å². The first-order valence-corrected chi connectivity index (χ1v) is 13.0. The molecule has 0 heterocycles. The fraction of sp³-hybridized carbons (Fsp3) is 0.259. The number of hydrogen-bond acceptors (Lipinski definition) is 4. The second kappa shape index (κ2) is 10.4. The van der Waals surface area contributed by atoms with Crippen LogP contribution in [0.1, 0.15) is 48.3 Å². The van der Waals surface area contributed by atoms with E-state index in [0.29, 0.717) is 22.5 Å². The van der Waals surface area contributed by atoms with Crippen molar-refractivity contribution in [1.82, 2.24) is 4.31 Å². The lowest BCUT2D eigenvalue weighted by Gasteiger charge is -2.25. The molecular formula is C27H31N3O4S. The number of rotatable bonds is 7. The Bertz CT molecular complexity index is 1300. The average Bonchev–Trinajstić information content (AvgIpc) is 2.79. The highest BCUT2D eigenvalue weighted by Gasteiger charge is 2.30. The van der Waals surface area contributed by atoms with Crippen LogP contribution in [-0.4, -0.2) is 37.8 Å². The molecule has 2 N–H and O–H groups in total. The van der Waals surface area contributed by atoms with Gasteiger partial charge in [0.25, 0.3) is 5.91 Å². The molecule has 3 aromatic carbocycles. The third-order valence-electron chi connectivity index (χ3n) is 5.65. The van der Waals surface area contributed by atoms with Crippen molar-refractivity contribution in [1.29, 1.82) is 0 Å². The summed E-state index contributed by atoms with van der Waals surface area (Å²) in [7, 11) is -2.27. The molecule has 184 valence electrons. The average molecular weight is 494 g/mol. The Morgan fingerprint density at radius 3 is 1.94 bits per heavy atom. The van der Waals surface area contributed by atoms with E-state index < -0.39 is 22.0 Å². The van der Waals surface area contributed by atoms with Crippen LogP contribution < -0.4 is 10.6 Å². The van der Waals surface area contributed by atoms with Crippen LogP contribution in [0.15, 0.2) is 78.9 Å². The number of carbonyl (C=O) groups is 2. The molecule has 8 heteroatoms. The Morgan fingerprint density at radius 1 is 0.829 bits per heavy atom. The second-order valence-electron chi connectivity index (χ2n) is 9.44. The quantitative estimate of drug-likeness (QED) is 0.494. The van der Waals surface area contributed by atoms with Crippen molar-refractivity contribution in [2.24, 2.45) is 0 Å². The maximum absolute atomic E-state index is 13.2. The van der Waals surface area contributed by atoms with Gasteiger partial charge in [0, 0.05) is 24.0 Å². The van der Waals surface area contributed by atoms with Crippen molar-refractivity contribution in [2.45, 2.75) is 32.2 Å². The van der Waals surface area contributed by atoms with Crippen molar-refractivity contribution < 1.29 is 18.0 Å². The highest BCUT2D eigenvalue weighted by molar-refractivity contribution is 7.88. The Labute approximate surface area is 207 Å². The molecule has 2 amide bonds. The number of nitrogens with zero attached hydrogens (tertiary/aromatic N) is 1. The van der Waals surface area contributed by atoms with Crippen LogP contribution >= 0.6 is 0 Å². The van der Waals surface area contributed by atoms with Gasteiger partial charge in [0.05, 0.1) is 6.26 Å². The van der Waals surface area contributed by atoms with Gasteiger partial charge in [-0.25, -0.2) is 8.42 Å². The molecule has 0 aliphatic rings. The Balaban J connectivity index is 1.77. The van der Waals surface area contributed by atoms with Crippen molar-refractivity contribution in [3.05, 3.63) is 95.6 Å². The topological polar surface area (TPSA) is 95.6 Å². The van der Waals surface area contributed by atoms with Gasteiger partial charge in [-0.05, 0) is 46.9 Å².